The Hall–Kier alpha value is -3.25. The number of para-hydroxylation sites is 1. The zero-order valence-corrected chi connectivity index (χ0v) is 16.4. The maximum absolute atomic E-state index is 12.4. The highest BCUT2D eigenvalue weighted by Gasteiger charge is 2.29. The number of anilines is 2. The molecule has 1 atom stereocenters. The van der Waals surface area contributed by atoms with Crippen LogP contribution in [-0.2, 0) is 16.0 Å². The number of amides is 2. The summed E-state index contributed by atoms with van der Waals surface area (Å²) >= 11 is 5.91. The summed E-state index contributed by atoms with van der Waals surface area (Å²) in [4.78, 5) is 26.8. The molecule has 0 bridgehead atoms. The molecule has 2 N–H and O–H groups in total. The van der Waals surface area contributed by atoms with Crippen LogP contribution in [-0.4, -0.2) is 24.9 Å². The predicted molar refractivity (Wildman–Crippen MR) is 112 cm³/mol. The highest BCUT2D eigenvalue weighted by Crippen LogP contribution is 2.34. The molecule has 1 aliphatic rings. The number of nitrogens with one attached hydrogen (secondary N) is 2. The van der Waals surface area contributed by atoms with Crippen molar-refractivity contribution in [3.05, 3.63) is 83.3 Å². The third-order valence-corrected chi connectivity index (χ3v) is 5.15. The lowest BCUT2D eigenvalue weighted by Gasteiger charge is -2.29. The van der Waals surface area contributed by atoms with Gasteiger partial charge in [0.1, 0.15) is 11.8 Å². The molecule has 0 fully saturated rings. The molecular weight excluding hydrogens is 390 g/mol. The number of hydrogen-bond acceptors (Lipinski definition) is 4. The average molecular weight is 410 g/mol. The Morgan fingerprint density at radius 3 is 2.72 bits per heavy atom. The summed E-state index contributed by atoms with van der Waals surface area (Å²) in [6.45, 7) is 1.05. The SMILES string of the molecule is O=C(NC[C@@H](c1ccco1)N1CCc2ccccc21)C(=O)Nc1cccc(Cl)c1. The topological polar surface area (TPSA) is 74.6 Å². The van der Waals surface area contributed by atoms with E-state index in [4.69, 9.17) is 16.0 Å². The third kappa shape index (κ3) is 4.27. The van der Waals surface area contributed by atoms with Crippen LogP contribution in [0.4, 0.5) is 11.4 Å². The highest BCUT2D eigenvalue weighted by atomic mass is 35.5. The number of rotatable bonds is 5. The Morgan fingerprint density at radius 2 is 1.93 bits per heavy atom. The van der Waals surface area contributed by atoms with E-state index in [9.17, 15) is 9.59 Å². The van der Waals surface area contributed by atoms with Crippen LogP contribution in [0.15, 0.2) is 71.3 Å². The summed E-state index contributed by atoms with van der Waals surface area (Å²) < 4.78 is 5.62. The van der Waals surface area contributed by atoms with Gasteiger partial charge in [-0.05, 0) is 48.4 Å². The second-order valence-electron chi connectivity index (χ2n) is 6.78. The molecule has 4 rings (SSSR count). The third-order valence-electron chi connectivity index (χ3n) is 4.92. The van der Waals surface area contributed by atoms with Gasteiger partial charge in [-0.3, -0.25) is 9.59 Å². The molecule has 0 saturated carbocycles. The zero-order valence-electron chi connectivity index (χ0n) is 15.6. The van der Waals surface area contributed by atoms with E-state index < -0.39 is 11.8 Å². The van der Waals surface area contributed by atoms with Crippen molar-refractivity contribution >= 4 is 34.8 Å². The highest BCUT2D eigenvalue weighted by molar-refractivity contribution is 6.39. The monoisotopic (exact) mass is 409 g/mol. The second-order valence-corrected chi connectivity index (χ2v) is 7.21. The first-order valence-electron chi connectivity index (χ1n) is 9.34. The van der Waals surface area contributed by atoms with Crippen molar-refractivity contribution in [2.75, 3.05) is 23.3 Å². The Labute approximate surface area is 173 Å². The van der Waals surface area contributed by atoms with Gasteiger partial charge in [0.25, 0.3) is 0 Å². The molecule has 0 saturated heterocycles. The van der Waals surface area contributed by atoms with Gasteiger partial charge in [-0.2, -0.15) is 0 Å². The maximum atomic E-state index is 12.4. The zero-order chi connectivity index (χ0) is 20.2. The van der Waals surface area contributed by atoms with Gasteiger partial charge in [-0.15, -0.1) is 0 Å². The van der Waals surface area contributed by atoms with Crippen LogP contribution in [0.2, 0.25) is 5.02 Å². The molecule has 0 aliphatic carbocycles. The van der Waals surface area contributed by atoms with E-state index in [1.165, 1.54) is 5.56 Å². The Balaban J connectivity index is 1.45. The van der Waals surface area contributed by atoms with Gasteiger partial charge in [-0.1, -0.05) is 35.9 Å². The summed E-state index contributed by atoms with van der Waals surface area (Å²) in [5, 5.41) is 5.76. The van der Waals surface area contributed by atoms with Gasteiger partial charge in [0.2, 0.25) is 0 Å². The summed E-state index contributed by atoms with van der Waals surface area (Å²) in [5.41, 5.74) is 2.84. The summed E-state index contributed by atoms with van der Waals surface area (Å²) in [6, 6.07) is 18.3. The smallest absolute Gasteiger partial charge is 0.313 e. The van der Waals surface area contributed by atoms with Crippen LogP contribution in [0.5, 0.6) is 0 Å². The fourth-order valence-electron chi connectivity index (χ4n) is 3.56. The first-order valence-corrected chi connectivity index (χ1v) is 9.72. The van der Waals surface area contributed by atoms with Gasteiger partial charge in [0, 0.05) is 29.5 Å². The molecule has 29 heavy (non-hydrogen) atoms. The minimum absolute atomic E-state index is 0.212. The van der Waals surface area contributed by atoms with Crippen LogP contribution < -0.4 is 15.5 Å². The molecule has 0 spiro atoms. The fourth-order valence-corrected chi connectivity index (χ4v) is 3.75. The summed E-state index contributed by atoms with van der Waals surface area (Å²) in [5.74, 6) is -0.724. The van der Waals surface area contributed by atoms with Crippen LogP contribution in [0, 0.1) is 0 Å². The first kappa shape index (κ1) is 19.1. The predicted octanol–water partition coefficient (Wildman–Crippen LogP) is 3.79. The molecule has 1 aromatic heterocycles. The number of benzene rings is 2. The van der Waals surface area contributed by atoms with Gasteiger partial charge < -0.3 is 20.0 Å². The molecule has 2 heterocycles. The first-order chi connectivity index (χ1) is 14.1. The van der Waals surface area contributed by atoms with E-state index in [2.05, 4.69) is 27.7 Å². The van der Waals surface area contributed by atoms with Crippen molar-refractivity contribution in [1.82, 2.24) is 5.32 Å². The van der Waals surface area contributed by atoms with Crippen molar-refractivity contribution in [2.45, 2.75) is 12.5 Å². The van der Waals surface area contributed by atoms with E-state index in [1.54, 1.807) is 30.5 Å². The molecule has 2 aromatic carbocycles. The lowest BCUT2D eigenvalue weighted by atomic mass is 10.1. The summed E-state index contributed by atoms with van der Waals surface area (Å²) in [7, 11) is 0. The number of hydrogen-bond donors (Lipinski definition) is 2. The minimum atomic E-state index is -0.743. The molecular formula is C22H20ClN3O3. The molecule has 6 nitrogen and oxygen atoms in total. The number of carbonyl (C=O) groups excluding carboxylic acids is 2. The van der Waals surface area contributed by atoms with E-state index in [0.29, 0.717) is 10.7 Å². The number of halogens is 1. The molecule has 0 unspecified atom stereocenters. The van der Waals surface area contributed by atoms with E-state index >= 15 is 0 Å². The van der Waals surface area contributed by atoms with Crippen LogP contribution in [0.25, 0.3) is 0 Å². The number of nitrogens with zero attached hydrogens (tertiary/aromatic N) is 1. The van der Waals surface area contributed by atoms with E-state index in [0.717, 1.165) is 24.4 Å². The number of furan rings is 1. The van der Waals surface area contributed by atoms with Crippen LogP contribution in [0.1, 0.15) is 17.4 Å². The normalized spacial score (nSPS) is 13.6. The average Bonchev–Trinajstić information content (AvgIpc) is 3.39. The lowest BCUT2D eigenvalue weighted by molar-refractivity contribution is -0.136. The number of fused-ring (bicyclic) bond motifs is 1. The van der Waals surface area contributed by atoms with Crippen molar-refractivity contribution in [2.24, 2.45) is 0 Å². The molecule has 7 heteroatoms. The van der Waals surface area contributed by atoms with Crippen molar-refractivity contribution in [3.8, 4) is 0 Å². The van der Waals surface area contributed by atoms with Crippen molar-refractivity contribution < 1.29 is 14.0 Å². The van der Waals surface area contributed by atoms with Gasteiger partial charge in [-0.25, -0.2) is 0 Å². The molecule has 2 amide bonds. The van der Waals surface area contributed by atoms with Gasteiger partial charge >= 0.3 is 11.8 Å². The van der Waals surface area contributed by atoms with Crippen molar-refractivity contribution in [1.29, 1.82) is 0 Å². The molecule has 1 aliphatic heterocycles. The minimum Gasteiger partial charge on any atom is -0.467 e. The van der Waals surface area contributed by atoms with Gasteiger partial charge in [0.15, 0.2) is 0 Å². The van der Waals surface area contributed by atoms with Gasteiger partial charge in [0.05, 0.1) is 6.26 Å². The van der Waals surface area contributed by atoms with E-state index in [1.807, 2.05) is 24.3 Å². The van der Waals surface area contributed by atoms with Crippen molar-refractivity contribution in [3.63, 3.8) is 0 Å². The lowest BCUT2D eigenvalue weighted by Crippen LogP contribution is -2.41. The standard InChI is InChI=1S/C22H20ClN3O3/c23-16-6-3-7-17(13-16)25-22(28)21(27)24-14-19(20-9-4-12-29-20)26-11-10-15-5-1-2-8-18(15)26/h1-9,12-13,19H,10-11,14H2,(H,24,27)(H,25,28)/t19-/m0/s1. The fraction of sp³-hybridized carbons (Fsp3) is 0.182. The summed E-state index contributed by atoms with van der Waals surface area (Å²) in [6.07, 6.45) is 2.54. The largest absolute Gasteiger partial charge is 0.467 e. The molecule has 0 radical (unpaired) electrons. The maximum Gasteiger partial charge on any atom is 0.313 e. The Kier molecular flexibility index (Phi) is 5.53. The number of carbonyl (C=O) groups is 2. The second kappa shape index (κ2) is 8.41. The Morgan fingerprint density at radius 1 is 1.07 bits per heavy atom. The molecule has 3 aromatic rings. The van der Waals surface area contributed by atoms with Crippen LogP contribution in [0.3, 0.4) is 0 Å². The quantitative estimate of drug-likeness (QED) is 0.629. The molecule has 148 valence electrons. The Bertz CT molecular complexity index is 1020. The van der Waals surface area contributed by atoms with E-state index in [-0.39, 0.29) is 12.6 Å². The van der Waals surface area contributed by atoms with Crippen LogP contribution >= 0.6 is 11.6 Å².